The molecule has 12 heavy (non-hydrogen) atoms. The summed E-state index contributed by atoms with van der Waals surface area (Å²) >= 11 is 0. The molecular weight excluding hydrogens is 155 g/mol. The number of hydrogen-bond acceptors (Lipinski definition) is 4. The molecule has 0 heterocycles. The highest BCUT2D eigenvalue weighted by Crippen LogP contribution is 1.89. The van der Waals surface area contributed by atoms with E-state index in [-0.39, 0.29) is 0 Å². The summed E-state index contributed by atoms with van der Waals surface area (Å²) in [5, 5.41) is 17.3. The van der Waals surface area contributed by atoms with Crippen molar-refractivity contribution in [2.75, 3.05) is 40.7 Å². The molecule has 0 saturated carbocycles. The first-order valence-electron chi connectivity index (χ1n) is 4.21. The SMILES string of the molecule is CN(C)CCCN(C)CB(O)O. The van der Waals surface area contributed by atoms with Gasteiger partial charge in [0.25, 0.3) is 0 Å². The molecule has 0 aromatic rings. The van der Waals surface area contributed by atoms with Gasteiger partial charge in [0, 0.05) is 6.44 Å². The molecular formula is C7H19BN2O2. The summed E-state index contributed by atoms with van der Waals surface area (Å²) < 4.78 is 0. The third-order valence-corrected chi connectivity index (χ3v) is 1.62. The van der Waals surface area contributed by atoms with Gasteiger partial charge in [0.2, 0.25) is 0 Å². The second-order valence-electron chi connectivity index (χ2n) is 3.40. The fourth-order valence-electron chi connectivity index (χ4n) is 1.03. The first-order chi connectivity index (χ1) is 5.52. The molecule has 0 fully saturated rings. The fourth-order valence-corrected chi connectivity index (χ4v) is 1.03. The van der Waals surface area contributed by atoms with Crippen molar-refractivity contribution in [3.8, 4) is 0 Å². The molecule has 0 spiro atoms. The van der Waals surface area contributed by atoms with Gasteiger partial charge in [-0.15, -0.1) is 0 Å². The lowest BCUT2D eigenvalue weighted by molar-refractivity contribution is 0.298. The van der Waals surface area contributed by atoms with Crippen LogP contribution in [0.5, 0.6) is 0 Å². The molecule has 5 heteroatoms. The van der Waals surface area contributed by atoms with Gasteiger partial charge < -0.3 is 19.8 Å². The highest BCUT2D eigenvalue weighted by molar-refractivity contribution is 6.41. The lowest BCUT2D eigenvalue weighted by atomic mass is 9.91. The topological polar surface area (TPSA) is 46.9 Å². The summed E-state index contributed by atoms with van der Waals surface area (Å²) in [5.41, 5.74) is 0. The van der Waals surface area contributed by atoms with Crippen molar-refractivity contribution in [1.82, 2.24) is 9.80 Å². The van der Waals surface area contributed by atoms with Crippen molar-refractivity contribution >= 4 is 7.12 Å². The molecule has 0 aliphatic heterocycles. The van der Waals surface area contributed by atoms with E-state index in [9.17, 15) is 0 Å². The summed E-state index contributed by atoms with van der Waals surface area (Å²) in [6.07, 6.45) is 1.38. The van der Waals surface area contributed by atoms with Crippen LogP contribution in [0.2, 0.25) is 0 Å². The number of hydrogen-bond donors (Lipinski definition) is 2. The van der Waals surface area contributed by atoms with E-state index in [1.54, 1.807) is 0 Å². The average Bonchev–Trinajstić information content (AvgIpc) is 1.84. The first-order valence-corrected chi connectivity index (χ1v) is 4.21. The van der Waals surface area contributed by atoms with E-state index < -0.39 is 7.12 Å². The molecule has 0 rings (SSSR count). The molecule has 0 aromatic carbocycles. The molecule has 2 N–H and O–H groups in total. The molecule has 0 amide bonds. The lowest BCUT2D eigenvalue weighted by Gasteiger charge is -2.17. The van der Waals surface area contributed by atoms with Crippen LogP contribution in [-0.4, -0.2) is 67.6 Å². The molecule has 4 nitrogen and oxygen atoms in total. The van der Waals surface area contributed by atoms with E-state index >= 15 is 0 Å². The second kappa shape index (κ2) is 6.42. The highest BCUT2D eigenvalue weighted by Gasteiger charge is 2.09. The van der Waals surface area contributed by atoms with E-state index in [2.05, 4.69) is 4.90 Å². The normalized spacial score (nSPS) is 11.2. The van der Waals surface area contributed by atoms with Gasteiger partial charge >= 0.3 is 7.12 Å². The van der Waals surface area contributed by atoms with E-state index in [0.717, 1.165) is 19.5 Å². The Morgan fingerprint density at radius 3 is 2.08 bits per heavy atom. The molecule has 0 aliphatic rings. The summed E-state index contributed by atoms with van der Waals surface area (Å²) in [6.45, 7) is 1.93. The maximum absolute atomic E-state index is 8.63. The van der Waals surface area contributed by atoms with E-state index in [4.69, 9.17) is 10.0 Å². The van der Waals surface area contributed by atoms with Crippen molar-refractivity contribution in [2.24, 2.45) is 0 Å². The van der Waals surface area contributed by atoms with Gasteiger partial charge in [0.15, 0.2) is 0 Å². The number of rotatable bonds is 6. The van der Waals surface area contributed by atoms with E-state index in [1.165, 1.54) is 0 Å². The van der Waals surface area contributed by atoms with E-state index in [0.29, 0.717) is 6.44 Å². The fraction of sp³-hybridized carbons (Fsp3) is 1.00. The van der Waals surface area contributed by atoms with Gasteiger partial charge in [-0.25, -0.2) is 0 Å². The van der Waals surface area contributed by atoms with Gasteiger partial charge in [0.05, 0.1) is 0 Å². The molecule has 0 aromatic heterocycles. The minimum Gasteiger partial charge on any atom is -0.426 e. The average molecular weight is 174 g/mol. The van der Waals surface area contributed by atoms with E-state index in [1.807, 2.05) is 26.0 Å². The minimum atomic E-state index is -1.21. The third kappa shape index (κ3) is 8.01. The van der Waals surface area contributed by atoms with Gasteiger partial charge in [0.1, 0.15) is 0 Å². The van der Waals surface area contributed by atoms with Gasteiger partial charge in [-0.1, -0.05) is 0 Å². The molecule has 0 bridgehead atoms. The third-order valence-electron chi connectivity index (χ3n) is 1.62. The zero-order valence-corrected chi connectivity index (χ0v) is 8.19. The van der Waals surface area contributed by atoms with Gasteiger partial charge in [-0.3, -0.25) is 0 Å². The number of nitrogens with zero attached hydrogens (tertiary/aromatic N) is 2. The van der Waals surface area contributed by atoms with Gasteiger partial charge in [-0.2, -0.15) is 0 Å². The van der Waals surface area contributed by atoms with Crippen LogP contribution in [0.3, 0.4) is 0 Å². The Labute approximate surface area is 74.9 Å². The molecule has 0 saturated heterocycles. The van der Waals surface area contributed by atoms with Crippen molar-refractivity contribution in [3.05, 3.63) is 0 Å². The minimum absolute atomic E-state index is 0.327. The zero-order valence-electron chi connectivity index (χ0n) is 8.19. The van der Waals surface area contributed by atoms with Crippen LogP contribution in [0, 0.1) is 0 Å². The molecule has 0 unspecified atom stereocenters. The summed E-state index contributed by atoms with van der Waals surface area (Å²) in [5.74, 6) is 0. The van der Waals surface area contributed by atoms with Crippen molar-refractivity contribution in [2.45, 2.75) is 6.42 Å². The summed E-state index contributed by atoms with van der Waals surface area (Å²) in [4.78, 5) is 4.03. The highest BCUT2D eigenvalue weighted by atomic mass is 16.4. The van der Waals surface area contributed by atoms with Gasteiger partial charge in [-0.05, 0) is 40.7 Å². The van der Waals surface area contributed by atoms with Crippen LogP contribution in [0.4, 0.5) is 0 Å². The van der Waals surface area contributed by atoms with Crippen LogP contribution in [0.1, 0.15) is 6.42 Å². The van der Waals surface area contributed by atoms with Crippen LogP contribution in [0.15, 0.2) is 0 Å². The Hall–Kier alpha value is -0.0951. The Morgan fingerprint density at radius 1 is 1.08 bits per heavy atom. The lowest BCUT2D eigenvalue weighted by Crippen LogP contribution is -2.34. The maximum Gasteiger partial charge on any atom is 0.466 e. The van der Waals surface area contributed by atoms with Crippen molar-refractivity contribution in [1.29, 1.82) is 0 Å². The predicted molar refractivity (Wildman–Crippen MR) is 50.9 cm³/mol. The quantitative estimate of drug-likeness (QED) is 0.501. The molecule has 0 radical (unpaired) electrons. The standard InChI is InChI=1S/C7H19BN2O2/c1-9(2)5-4-6-10(3)7-8(11)12/h11-12H,4-7H2,1-3H3. The first kappa shape index (κ1) is 11.9. The van der Waals surface area contributed by atoms with Crippen LogP contribution in [0.25, 0.3) is 0 Å². The van der Waals surface area contributed by atoms with Crippen molar-refractivity contribution < 1.29 is 10.0 Å². The molecule has 72 valence electrons. The molecule has 0 aliphatic carbocycles. The van der Waals surface area contributed by atoms with Crippen LogP contribution >= 0.6 is 0 Å². The predicted octanol–water partition coefficient (Wildman–Crippen LogP) is -1.12. The Kier molecular flexibility index (Phi) is 6.37. The second-order valence-corrected chi connectivity index (χ2v) is 3.40. The Balaban J connectivity index is 3.25. The summed E-state index contributed by atoms with van der Waals surface area (Å²) in [6, 6.07) is 0. The smallest absolute Gasteiger partial charge is 0.426 e. The molecule has 0 atom stereocenters. The summed E-state index contributed by atoms with van der Waals surface area (Å²) in [7, 11) is 4.73. The Morgan fingerprint density at radius 2 is 1.67 bits per heavy atom. The van der Waals surface area contributed by atoms with Crippen LogP contribution < -0.4 is 0 Å². The van der Waals surface area contributed by atoms with Crippen molar-refractivity contribution in [3.63, 3.8) is 0 Å². The monoisotopic (exact) mass is 174 g/mol. The maximum atomic E-state index is 8.63. The largest absolute Gasteiger partial charge is 0.466 e. The van der Waals surface area contributed by atoms with Crippen LogP contribution in [-0.2, 0) is 0 Å². The zero-order chi connectivity index (χ0) is 9.56. The Bertz CT molecular complexity index is 112.